The van der Waals surface area contributed by atoms with Crippen molar-refractivity contribution in [1.29, 1.82) is 0 Å². The van der Waals surface area contributed by atoms with E-state index in [1.165, 1.54) is 38.5 Å². The fourth-order valence-electron chi connectivity index (χ4n) is 4.04. The van der Waals surface area contributed by atoms with Crippen LogP contribution in [0.4, 0.5) is 0 Å². The molecule has 2 saturated carbocycles. The molecule has 0 aromatic carbocycles. The van der Waals surface area contributed by atoms with Gasteiger partial charge in [0.15, 0.2) is 0 Å². The average Bonchev–Trinajstić information content (AvgIpc) is 2.56. The second-order valence-corrected chi connectivity index (χ2v) is 7.31. The van der Waals surface area contributed by atoms with E-state index in [1.54, 1.807) is 18.9 Å². The molecule has 1 unspecified atom stereocenters. The second-order valence-electron chi connectivity index (χ2n) is 7.31. The first kappa shape index (κ1) is 21.2. The van der Waals surface area contributed by atoms with Crippen LogP contribution in [0.3, 0.4) is 0 Å². The Morgan fingerprint density at radius 2 is 1.38 bits per heavy atom. The standard InChI is InChI=1S/C18H32N2O3.ClH/c1-14(18(22)23)19(2)13-17(21)20(15-9-5-3-6-10-15)16-11-7-4-8-12-16;/h14-16H,3-13H2,1-2H3,(H,22,23);1H. The number of hydrogen-bond acceptors (Lipinski definition) is 3. The highest BCUT2D eigenvalue weighted by atomic mass is 35.5. The molecule has 0 aromatic rings. The molecule has 24 heavy (non-hydrogen) atoms. The summed E-state index contributed by atoms with van der Waals surface area (Å²) < 4.78 is 0. The predicted octanol–water partition coefficient (Wildman–Crippen LogP) is 3.31. The molecule has 0 aliphatic heterocycles. The highest BCUT2D eigenvalue weighted by molar-refractivity contribution is 5.85. The first-order valence-corrected chi connectivity index (χ1v) is 9.25. The maximum absolute atomic E-state index is 13.0. The molecule has 5 nitrogen and oxygen atoms in total. The Hall–Kier alpha value is -0.810. The Morgan fingerprint density at radius 1 is 0.958 bits per heavy atom. The summed E-state index contributed by atoms with van der Waals surface area (Å²) in [6, 6.07) is 0.110. The zero-order chi connectivity index (χ0) is 16.8. The van der Waals surface area contributed by atoms with Crippen molar-refractivity contribution in [3.63, 3.8) is 0 Å². The highest BCUT2D eigenvalue weighted by Crippen LogP contribution is 2.30. The third-order valence-electron chi connectivity index (χ3n) is 5.63. The minimum atomic E-state index is -0.873. The summed E-state index contributed by atoms with van der Waals surface area (Å²) in [6.45, 7) is 1.85. The largest absolute Gasteiger partial charge is 0.480 e. The molecule has 2 rings (SSSR count). The van der Waals surface area contributed by atoms with Gasteiger partial charge in [-0.15, -0.1) is 12.4 Å². The van der Waals surface area contributed by atoms with E-state index in [0.29, 0.717) is 12.1 Å². The molecule has 0 heterocycles. The second kappa shape index (κ2) is 10.2. The summed E-state index contributed by atoms with van der Waals surface area (Å²) in [5, 5.41) is 9.13. The summed E-state index contributed by atoms with van der Waals surface area (Å²) in [6.07, 6.45) is 11.8. The van der Waals surface area contributed by atoms with Gasteiger partial charge in [0.2, 0.25) is 5.91 Å². The van der Waals surface area contributed by atoms with E-state index in [0.717, 1.165) is 25.7 Å². The lowest BCUT2D eigenvalue weighted by molar-refractivity contribution is -0.145. The van der Waals surface area contributed by atoms with E-state index in [2.05, 4.69) is 4.90 Å². The van der Waals surface area contributed by atoms with Crippen LogP contribution in [0.15, 0.2) is 0 Å². The molecule has 0 radical (unpaired) electrons. The molecule has 0 aromatic heterocycles. The molecule has 1 atom stereocenters. The quantitative estimate of drug-likeness (QED) is 0.789. The summed E-state index contributed by atoms with van der Waals surface area (Å²) in [5.41, 5.74) is 0. The third-order valence-corrected chi connectivity index (χ3v) is 5.63. The van der Waals surface area contributed by atoms with Crippen LogP contribution in [-0.2, 0) is 9.59 Å². The molecule has 0 bridgehead atoms. The van der Waals surface area contributed by atoms with Crippen LogP contribution >= 0.6 is 12.4 Å². The van der Waals surface area contributed by atoms with E-state index in [1.807, 2.05) is 0 Å². The number of halogens is 1. The van der Waals surface area contributed by atoms with Gasteiger partial charge in [0.25, 0.3) is 0 Å². The van der Waals surface area contributed by atoms with Gasteiger partial charge in [-0.2, -0.15) is 0 Å². The van der Waals surface area contributed by atoms with Crippen LogP contribution in [0, 0.1) is 0 Å². The van der Waals surface area contributed by atoms with Crippen molar-refractivity contribution in [2.45, 2.75) is 89.3 Å². The van der Waals surface area contributed by atoms with Crippen LogP contribution in [0.1, 0.15) is 71.1 Å². The van der Waals surface area contributed by atoms with Gasteiger partial charge in [-0.1, -0.05) is 38.5 Å². The van der Waals surface area contributed by atoms with Gasteiger partial charge in [0.1, 0.15) is 6.04 Å². The number of nitrogens with zero attached hydrogens (tertiary/aromatic N) is 2. The number of likely N-dealkylation sites (N-methyl/N-ethyl adjacent to an activating group) is 1. The fraction of sp³-hybridized carbons (Fsp3) is 0.889. The van der Waals surface area contributed by atoms with Gasteiger partial charge >= 0.3 is 5.97 Å². The molecule has 0 saturated heterocycles. The first-order chi connectivity index (χ1) is 11.0. The van der Waals surface area contributed by atoms with Crippen molar-refractivity contribution in [3.05, 3.63) is 0 Å². The van der Waals surface area contributed by atoms with E-state index in [-0.39, 0.29) is 24.9 Å². The Kier molecular flexibility index (Phi) is 9.06. The lowest BCUT2D eigenvalue weighted by Gasteiger charge is -2.42. The summed E-state index contributed by atoms with van der Waals surface area (Å²) in [4.78, 5) is 27.9. The van der Waals surface area contributed by atoms with Gasteiger partial charge in [0, 0.05) is 12.1 Å². The van der Waals surface area contributed by atoms with Crippen molar-refractivity contribution >= 4 is 24.3 Å². The normalized spacial score (nSPS) is 21.1. The maximum Gasteiger partial charge on any atom is 0.320 e. The van der Waals surface area contributed by atoms with Gasteiger partial charge in [-0.25, -0.2) is 0 Å². The molecule has 2 aliphatic carbocycles. The number of carboxylic acids is 1. The van der Waals surface area contributed by atoms with Crippen molar-refractivity contribution in [1.82, 2.24) is 9.80 Å². The Bertz CT molecular complexity index is 389. The molecular weight excluding hydrogens is 328 g/mol. The molecule has 2 fully saturated rings. The fourth-order valence-corrected chi connectivity index (χ4v) is 4.04. The number of carboxylic acid groups (broad SMARTS) is 1. The number of hydrogen-bond donors (Lipinski definition) is 1. The van der Waals surface area contributed by atoms with E-state index in [4.69, 9.17) is 5.11 Å². The molecule has 1 amide bonds. The third kappa shape index (κ3) is 5.62. The highest BCUT2D eigenvalue weighted by Gasteiger charge is 2.33. The molecule has 6 heteroatoms. The summed E-state index contributed by atoms with van der Waals surface area (Å²) >= 11 is 0. The number of amides is 1. The van der Waals surface area contributed by atoms with Gasteiger partial charge in [0.05, 0.1) is 6.54 Å². The Labute approximate surface area is 152 Å². The topological polar surface area (TPSA) is 60.9 Å². The number of rotatable bonds is 6. The Balaban J connectivity index is 0.00000288. The van der Waals surface area contributed by atoms with Crippen LogP contribution in [0.5, 0.6) is 0 Å². The van der Waals surface area contributed by atoms with Gasteiger partial charge in [-0.3, -0.25) is 14.5 Å². The number of carbonyl (C=O) groups is 2. The maximum atomic E-state index is 13.0. The predicted molar refractivity (Wildman–Crippen MR) is 97.6 cm³/mol. The zero-order valence-electron chi connectivity index (χ0n) is 15.1. The molecule has 0 spiro atoms. The molecule has 1 N–H and O–H groups in total. The summed E-state index contributed by atoms with van der Waals surface area (Å²) in [5.74, 6) is -0.749. The Morgan fingerprint density at radius 3 is 1.75 bits per heavy atom. The monoisotopic (exact) mass is 360 g/mol. The van der Waals surface area contributed by atoms with Crippen molar-refractivity contribution in [3.8, 4) is 0 Å². The number of carbonyl (C=O) groups excluding carboxylic acids is 1. The van der Waals surface area contributed by atoms with E-state index in [9.17, 15) is 9.59 Å². The van der Waals surface area contributed by atoms with E-state index >= 15 is 0 Å². The average molecular weight is 361 g/mol. The summed E-state index contributed by atoms with van der Waals surface area (Å²) in [7, 11) is 1.73. The van der Waals surface area contributed by atoms with Crippen LogP contribution in [0.25, 0.3) is 0 Å². The number of aliphatic carboxylic acids is 1. The molecule has 140 valence electrons. The molecule has 2 aliphatic rings. The minimum absolute atomic E-state index is 0. The SMILES string of the molecule is CC(C(=O)O)N(C)CC(=O)N(C1CCCCC1)C1CCCCC1.Cl. The van der Waals surface area contributed by atoms with Crippen LogP contribution in [0.2, 0.25) is 0 Å². The van der Waals surface area contributed by atoms with Gasteiger partial charge in [-0.05, 0) is 39.7 Å². The zero-order valence-corrected chi connectivity index (χ0v) is 15.9. The van der Waals surface area contributed by atoms with E-state index < -0.39 is 12.0 Å². The molecular formula is C18H33ClN2O3. The van der Waals surface area contributed by atoms with Crippen molar-refractivity contribution in [2.24, 2.45) is 0 Å². The minimum Gasteiger partial charge on any atom is -0.480 e. The van der Waals surface area contributed by atoms with Crippen molar-refractivity contribution in [2.75, 3.05) is 13.6 Å². The first-order valence-electron chi connectivity index (χ1n) is 9.25. The van der Waals surface area contributed by atoms with Crippen LogP contribution in [-0.4, -0.2) is 58.5 Å². The van der Waals surface area contributed by atoms with Crippen LogP contribution < -0.4 is 0 Å². The van der Waals surface area contributed by atoms with Gasteiger partial charge < -0.3 is 10.0 Å². The van der Waals surface area contributed by atoms with Crippen molar-refractivity contribution < 1.29 is 14.7 Å². The smallest absolute Gasteiger partial charge is 0.320 e. The lowest BCUT2D eigenvalue weighted by atomic mass is 9.88. The lowest BCUT2D eigenvalue weighted by Crippen LogP contribution is -2.53.